The van der Waals surface area contributed by atoms with E-state index >= 15 is 0 Å². The van der Waals surface area contributed by atoms with Crippen LogP contribution < -0.4 is 15.2 Å². The monoisotopic (exact) mass is 243 g/mol. The highest BCUT2D eigenvalue weighted by Gasteiger charge is 2.29. The fraction of sp³-hybridized carbons (Fsp3) is 0.400. The van der Waals surface area contributed by atoms with Gasteiger partial charge in [-0.05, 0) is 12.5 Å². The second-order valence-corrected chi connectivity index (χ2v) is 5.33. The average Bonchev–Trinajstić information content (AvgIpc) is 2.29. The minimum atomic E-state index is -3.52. The second-order valence-electron chi connectivity index (χ2n) is 3.71. The summed E-state index contributed by atoms with van der Waals surface area (Å²) in [5.41, 5.74) is 5.67. The second kappa shape index (κ2) is 4.92. The maximum atomic E-state index is 11.5. The van der Waals surface area contributed by atoms with Gasteiger partial charge >= 0.3 is 0 Å². The summed E-state index contributed by atoms with van der Waals surface area (Å²) in [6.07, 6.45) is 0. The predicted octanol–water partition coefficient (Wildman–Crippen LogP) is -0.0857. The van der Waals surface area contributed by atoms with E-state index in [1.54, 1.807) is 6.92 Å². The van der Waals surface area contributed by atoms with Gasteiger partial charge in [0.2, 0.25) is 0 Å². The Morgan fingerprint density at radius 1 is 1.31 bits per heavy atom. The first-order chi connectivity index (χ1) is 7.43. The molecular weight excluding hydrogens is 226 g/mol. The van der Waals surface area contributed by atoms with Crippen molar-refractivity contribution in [2.75, 3.05) is 13.6 Å². The lowest BCUT2D eigenvalue weighted by Crippen LogP contribution is -2.51. The SMILES string of the molecule is CNS(=O)(=O)NC(C)(CN)c1ccccc1. The minimum Gasteiger partial charge on any atom is -0.328 e. The Labute approximate surface area is 96.2 Å². The number of hydrogen-bond donors (Lipinski definition) is 3. The number of rotatable bonds is 5. The van der Waals surface area contributed by atoms with Gasteiger partial charge in [0.15, 0.2) is 0 Å². The molecule has 4 N–H and O–H groups in total. The fourth-order valence-corrected chi connectivity index (χ4v) is 2.27. The van der Waals surface area contributed by atoms with E-state index < -0.39 is 15.7 Å². The molecule has 0 bridgehead atoms. The van der Waals surface area contributed by atoms with Crippen LogP contribution in [-0.2, 0) is 15.7 Å². The molecule has 0 fully saturated rings. The highest BCUT2D eigenvalue weighted by Crippen LogP contribution is 2.19. The summed E-state index contributed by atoms with van der Waals surface area (Å²) in [4.78, 5) is 0. The Bertz CT molecular complexity index is 433. The van der Waals surface area contributed by atoms with Gasteiger partial charge in [-0.15, -0.1) is 0 Å². The first-order valence-corrected chi connectivity index (χ1v) is 6.40. The summed E-state index contributed by atoms with van der Waals surface area (Å²) >= 11 is 0. The smallest absolute Gasteiger partial charge is 0.277 e. The van der Waals surface area contributed by atoms with Gasteiger partial charge in [0.05, 0.1) is 5.54 Å². The fourth-order valence-electron chi connectivity index (χ4n) is 1.37. The van der Waals surface area contributed by atoms with Crippen molar-refractivity contribution in [3.05, 3.63) is 35.9 Å². The van der Waals surface area contributed by atoms with Crippen LogP contribution in [0.4, 0.5) is 0 Å². The van der Waals surface area contributed by atoms with Gasteiger partial charge in [0.1, 0.15) is 0 Å². The van der Waals surface area contributed by atoms with Crippen molar-refractivity contribution in [3.8, 4) is 0 Å². The maximum Gasteiger partial charge on any atom is 0.277 e. The number of benzene rings is 1. The number of nitrogens with two attached hydrogens (primary N) is 1. The molecule has 1 rings (SSSR count). The van der Waals surface area contributed by atoms with Gasteiger partial charge in [0, 0.05) is 13.6 Å². The lowest BCUT2D eigenvalue weighted by Gasteiger charge is -2.29. The highest BCUT2D eigenvalue weighted by atomic mass is 32.2. The van der Waals surface area contributed by atoms with Crippen LogP contribution in [0.1, 0.15) is 12.5 Å². The Balaban J connectivity index is 3.04. The molecule has 6 heteroatoms. The zero-order chi connectivity index (χ0) is 12.2. The molecule has 0 saturated heterocycles. The van der Waals surface area contributed by atoms with Crippen molar-refractivity contribution in [1.29, 1.82) is 0 Å². The molecule has 1 aromatic rings. The molecule has 0 radical (unpaired) electrons. The molecule has 90 valence electrons. The third-order valence-electron chi connectivity index (χ3n) is 2.45. The van der Waals surface area contributed by atoms with E-state index in [0.717, 1.165) is 5.56 Å². The highest BCUT2D eigenvalue weighted by molar-refractivity contribution is 7.87. The number of nitrogens with one attached hydrogen (secondary N) is 2. The molecule has 1 unspecified atom stereocenters. The van der Waals surface area contributed by atoms with Crippen LogP contribution in [0.15, 0.2) is 30.3 Å². The van der Waals surface area contributed by atoms with Crippen molar-refractivity contribution in [2.45, 2.75) is 12.5 Å². The molecule has 0 aliphatic heterocycles. The summed E-state index contributed by atoms with van der Waals surface area (Å²) < 4.78 is 27.7. The van der Waals surface area contributed by atoms with E-state index in [4.69, 9.17) is 5.73 Å². The van der Waals surface area contributed by atoms with Crippen LogP contribution in [0, 0.1) is 0 Å². The summed E-state index contributed by atoms with van der Waals surface area (Å²) in [6.45, 7) is 1.93. The zero-order valence-electron chi connectivity index (χ0n) is 9.40. The first-order valence-electron chi connectivity index (χ1n) is 4.91. The zero-order valence-corrected chi connectivity index (χ0v) is 10.2. The predicted molar refractivity (Wildman–Crippen MR) is 64.0 cm³/mol. The van der Waals surface area contributed by atoms with Gasteiger partial charge < -0.3 is 5.73 Å². The topological polar surface area (TPSA) is 84.2 Å². The van der Waals surface area contributed by atoms with Crippen molar-refractivity contribution >= 4 is 10.2 Å². The van der Waals surface area contributed by atoms with E-state index in [2.05, 4.69) is 9.44 Å². The summed E-state index contributed by atoms with van der Waals surface area (Å²) in [5.74, 6) is 0. The lowest BCUT2D eigenvalue weighted by molar-refractivity contribution is 0.438. The van der Waals surface area contributed by atoms with Gasteiger partial charge in [0.25, 0.3) is 10.2 Å². The largest absolute Gasteiger partial charge is 0.328 e. The van der Waals surface area contributed by atoms with Crippen LogP contribution in [0.3, 0.4) is 0 Å². The van der Waals surface area contributed by atoms with Gasteiger partial charge in [-0.3, -0.25) is 0 Å². The van der Waals surface area contributed by atoms with Crippen LogP contribution >= 0.6 is 0 Å². The number of hydrogen-bond acceptors (Lipinski definition) is 3. The van der Waals surface area contributed by atoms with E-state index in [1.165, 1.54) is 7.05 Å². The van der Waals surface area contributed by atoms with Crippen LogP contribution in [0.25, 0.3) is 0 Å². The van der Waals surface area contributed by atoms with Crippen LogP contribution in [0.2, 0.25) is 0 Å². The van der Waals surface area contributed by atoms with Crippen molar-refractivity contribution in [3.63, 3.8) is 0 Å². The molecule has 0 amide bonds. The van der Waals surface area contributed by atoms with Crippen molar-refractivity contribution < 1.29 is 8.42 Å². The van der Waals surface area contributed by atoms with E-state index in [0.29, 0.717) is 0 Å². The third-order valence-corrected chi connectivity index (χ3v) is 3.70. The van der Waals surface area contributed by atoms with Crippen molar-refractivity contribution in [1.82, 2.24) is 9.44 Å². The van der Waals surface area contributed by atoms with Gasteiger partial charge in [-0.25, -0.2) is 4.72 Å². The Kier molecular flexibility index (Phi) is 4.03. The van der Waals surface area contributed by atoms with E-state index in [9.17, 15) is 8.42 Å². The van der Waals surface area contributed by atoms with E-state index in [-0.39, 0.29) is 6.54 Å². The summed E-state index contributed by atoms with van der Waals surface area (Å²) in [5, 5.41) is 0. The molecule has 0 aliphatic carbocycles. The molecular formula is C10H17N3O2S. The molecule has 0 spiro atoms. The molecule has 0 aromatic heterocycles. The van der Waals surface area contributed by atoms with Crippen LogP contribution in [0.5, 0.6) is 0 Å². The van der Waals surface area contributed by atoms with Gasteiger partial charge in [-0.2, -0.15) is 13.1 Å². The average molecular weight is 243 g/mol. The maximum absolute atomic E-state index is 11.5. The summed E-state index contributed by atoms with van der Waals surface area (Å²) in [6, 6.07) is 9.23. The van der Waals surface area contributed by atoms with E-state index in [1.807, 2.05) is 30.3 Å². The molecule has 0 heterocycles. The molecule has 1 atom stereocenters. The molecule has 0 aliphatic rings. The minimum absolute atomic E-state index is 0.178. The summed E-state index contributed by atoms with van der Waals surface area (Å²) in [7, 11) is -2.17. The molecule has 1 aromatic carbocycles. The van der Waals surface area contributed by atoms with Gasteiger partial charge in [-0.1, -0.05) is 30.3 Å². The quantitative estimate of drug-likeness (QED) is 0.676. The molecule has 5 nitrogen and oxygen atoms in total. The first kappa shape index (κ1) is 13.1. The molecule has 16 heavy (non-hydrogen) atoms. The van der Waals surface area contributed by atoms with Crippen molar-refractivity contribution in [2.24, 2.45) is 5.73 Å². The lowest BCUT2D eigenvalue weighted by atomic mass is 9.94. The normalized spacial score (nSPS) is 15.7. The van der Waals surface area contributed by atoms with Crippen LogP contribution in [-0.4, -0.2) is 22.0 Å². The Hall–Kier alpha value is -0.950. The standard InChI is InChI=1S/C10H17N3O2S/c1-10(8-11,13-16(14,15)12-2)9-6-4-3-5-7-9/h3-7,12-13H,8,11H2,1-2H3. The Morgan fingerprint density at radius 3 is 2.31 bits per heavy atom. The molecule has 0 saturated carbocycles. The Morgan fingerprint density at radius 2 is 1.88 bits per heavy atom. The third kappa shape index (κ3) is 3.02.